The van der Waals surface area contributed by atoms with Crippen LogP contribution in [0.15, 0.2) is 15.2 Å². The minimum absolute atomic E-state index is 0.0417. The van der Waals surface area contributed by atoms with Crippen LogP contribution in [0.3, 0.4) is 0 Å². The van der Waals surface area contributed by atoms with E-state index in [2.05, 4.69) is 4.98 Å². The highest BCUT2D eigenvalue weighted by atomic mass is 32.2. The summed E-state index contributed by atoms with van der Waals surface area (Å²) in [5, 5.41) is 0. The Labute approximate surface area is 56.8 Å². The van der Waals surface area contributed by atoms with Crippen molar-refractivity contribution in [2.24, 2.45) is 0 Å². The molecular weight excluding hydrogens is 162 g/mol. The molecule has 0 bridgehead atoms. The van der Waals surface area contributed by atoms with E-state index in [1.165, 1.54) is 0 Å². The number of H-pyrrole nitrogens is 1. The van der Waals surface area contributed by atoms with Crippen LogP contribution < -0.4 is 4.87 Å². The normalized spacial score (nSPS) is 13.4. The zero-order chi connectivity index (χ0) is 6.85. The molecule has 50 valence electrons. The molecule has 0 aromatic carbocycles. The van der Waals surface area contributed by atoms with Crippen molar-refractivity contribution in [3.63, 3.8) is 0 Å². The van der Waals surface area contributed by atoms with Crippen LogP contribution in [0.25, 0.3) is 0 Å². The van der Waals surface area contributed by atoms with E-state index in [0.717, 1.165) is 6.20 Å². The minimum atomic E-state index is -2.27. The summed E-state index contributed by atoms with van der Waals surface area (Å²) in [6.45, 7) is 0. The zero-order valence-corrected chi connectivity index (χ0v) is 5.75. The number of thiazole rings is 1. The van der Waals surface area contributed by atoms with E-state index in [0.29, 0.717) is 11.3 Å². The van der Waals surface area contributed by atoms with E-state index in [4.69, 9.17) is 0 Å². The first-order valence-electron chi connectivity index (χ1n) is 1.98. The van der Waals surface area contributed by atoms with Crippen LogP contribution in [0.5, 0.6) is 0 Å². The quantitative estimate of drug-likeness (QED) is 0.578. The fourth-order valence-electron chi connectivity index (χ4n) is 0.350. The molecule has 6 heteroatoms. The van der Waals surface area contributed by atoms with Gasteiger partial charge in [-0.15, -0.1) is 0 Å². The third kappa shape index (κ3) is 1.47. The molecule has 0 saturated carbocycles. The Morgan fingerprint density at radius 1 is 1.78 bits per heavy atom. The lowest BCUT2D eigenvalue weighted by Gasteiger charge is -1.95. The number of aromatic amines is 1. The van der Waals surface area contributed by atoms with Crippen LogP contribution in [0.4, 0.5) is 0 Å². The molecule has 0 saturated heterocycles. The first-order chi connectivity index (χ1) is 4.20. The van der Waals surface area contributed by atoms with Crippen molar-refractivity contribution in [3.05, 3.63) is 15.9 Å². The first kappa shape index (κ1) is 6.66. The van der Waals surface area contributed by atoms with Gasteiger partial charge in [-0.25, -0.2) is 0 Å². The maximum atomic E-state index is 10.3. The Kier molecular flexibility index (Phi) is 1.79. The summed E-state index contributed by atoms with van der Waals surface area (Å²) in [6, 6.07) is 0. The summed E-state index contributed by atoms with van der Waals surface area (Å²) in [7, 11) is 0. The smallest absolute Gasteiger partial charge is 0.305 e. The Balaban J connectivity index is 3.12. The largest absolute Gasteiger partial charge is 0.768 e. The predicted octanol–water partition coefficient (Wildman–Crippen LogP) is -0.326. The molecule has 1 atom stereocenters. The van der Waals surface area contributed by atoms with Gasteiger partial charge in [-0.1, -0.05) is 11.3 Å². The fraction of sp³-hybridized carbons (Fsp3) is 0. The molecule has 0 fully saturated rings. The van der Waals surface area contributed by atoms with Crippen molar-refractivity contribution in [2.45, 2.75) is 4.21 Å². The van der Waals surface area contributed by atoms with Gasteiger partial charge in [-0.3, -0.25) is 9.00 Å². The molecular formula is C3H2NO3S2-. The number of nitrogens with one attached hydrogen (secondary N) is 1. The number of hydrogen-bond acceptors (Lipinski definition) is 4. The Bertz CT molecular complexity index is 275. The highest BCUT2D eigenvalue weighted by Crippen LogP contribution is 2.03. The first-order valence-corrected chi connectivity index (χ1v) is 3.87. The van der Waals surface area contributed by atoms with Crippen LogP contribution in [0.2, 0.25) is 0 Å². The maximum absolute atomic E-state index is 10.3. The van der Waals surface area contributed by atoms with Crippen LogP contribution in [0, 0.1) is 0 Å². The molecule has 1 N–H and O–H groups in total. The summed E-state index contributed by atoms with van der Waals surface area (Å²) in [4.78, 5) is 12.2. The molecule has 0 aliphatic rings. The van der Waals surface area contributed by atoms with E-state index >= 15 is 0 Å². The number of hydrogen-bond donors (Lipinski definition) is 1. The lowest BCUT2D eigenvalue weighted by molar-refractivity contribution is 0.539. The van der Waals surface area contributed by atoms with Gasteiger partial charge < -0.3 is 9.54 Å². The van der Waals surface area contributed by atoms with Crippen molar-refractivity contribution in [1.82, 2.24) is 4.98 Å². The lowest BCUT2D eigenvalue weighted by atomic mass is 11.0. The Hall–Kier alpha value is -0.460. The third-order valence-corrected chi connectivity index (χ3v) is 2.39. The fourth-order valence-corrected chi connectivity index (χ4v) is 1.42. The van der Waals surface area contributed by atoms with E-state index in [1.807, 2.05) is 0 Å². The van der Waals surface area contributed by atoms with Crippen LogP contribution in [0.1, 0.15) is 0 Å². The van der Waals surface area contributed by atoms with Gasteiger partial charge in [0.1, 0.15) is 0 Å². The van der Waals surface area contributed by atoms with Gasteiger partial charge in [0.15, 0.2) is 0 Å². The molecule has 1 heterocycles. The minimum Gasteiger partial charge on any atom is -0.768 e. The second kappa shape index (κ2) is 2.42. The van der Waals surface area contributed by atoms with Gasteiger partial charge in [0.2, 0.25) is 0 Å². The second-order valence-corrected chi connectivity index (χ2v) is 3.41. The van der Waals surface area contributed by atoms with Crippen LogP contribution in [-0.2, 0) is 11.1 Å². The molecule has 0 aliphatic carbocycles. The van der Waals surface area contributed by atoms with E-state index < -0.39 is 11.1 Å². The molecule has 9 heavy (non-hydrogen) atoms. The highest BCUT2D eigenvalue weighted by molar-refractivity contribution is 7.81. The van der Waals surface area contributed by atoms with Crippen molar-refractivity contribution in [2.75, 3.05) is 0 Å². The van der Waals surface area contributed by atoms with Gasteiger partial charge in [0.25, 0.3) is 0 Å². The van der Waals surface area contributed by atoms with Gasteiger partial charge >= 0.3 is 4.87 Å². The molecule has 1 aromatic heterocycles. The number of aromatic nitrogens is 1. The topological polar surface area (TPSA) is 73.0 Å². The van der Waals surface area contributed by atoms with Gasteiger partial charge in [0.05, 0.1) is 4.21 Å². The highest BCUT2D eigenvalue weighted by Gasteiger charge is 1.93. The second-order valence-electron chi connectivity index (χ2n) is 1.23. The standard InChI is InChI=1S/C3H3NO3S2/c5-3-4-1-2(8-3)9(6)7/h1H,(H,4,5)(H,6,7)/p-1. The summed E-state index contributed by atoms with van der Waals surface area (Å²) in [5.74, 6) is 0. The summed E-state index contributed by atoms with van der Waals surface area (Å²) in [5.41, 5.74) is 0. The molecule has 1 rings (SSSR count). The van der Waals surface area contributed by atoms with Crippen molar-refractivity contribution >= 4 is 22.4 Å². The monoisotopic (exact) mass is 164 g/mol. The molecule has 0 radical (unpaired) electrons. The van der Waals surface area contributed by atoms with Crippen molar-refractivity contribution in [3.8, 4) is 0 Å². The average Bonchev–Trinajstić information content (AvgIpc) is 2.14. The van der Waals surface area contributed by atoms with Gasteiger partial charge in [0, 0.05) is 6.20 Å². The lowest BCUT2D eigenvalue weighted by Crippen LogP contribution is -1.88. The SMILES string of the molecule is O=c1[nH]cc(S(=O)[O-])s1. The van der Waals surface area contributed by atoms with Crippen molar-refractivity contribution in [1.29, 1.82) is 0 Å². The summed E-state index contributed by atoms with van der Waals surface area (Å²) >= 11 is -1.60. The van der Waals surface area contributed by atoms with E-state index in [1.54, 1.807) is 0 Å². The molecule has 0 spiro atoms. The van der Waals surface area contributed by atoms with E-state index in [-0.39, 0.29) is 9.08 Å². The summed E-state index contributed by atoms with van der Waals surface area (Å²) < 4.78 is 20.2. The maximum Gasteiger partial charge on any atom is 0.305 e. The molecule has 1 aromatic rings. The average molecular weight is 164 g/mol. The zero-order valence-electron chi connectivity index (χ0n) is 4.12. The van der Waals surface area contributed by atoms with Crippen molar-refractivity contribution < 1.29 is 8.76 Å². The summed E-state index contributed by atoms with van der Waals surface area (Å²) in [6.07, 6.45) is 1.16. The molecule has 0 amide bonds. The Morgan fingerprint density at radius 2 is 2.44 bits per heavy atom. The van der Waals surface area contributed by atoms with Crippen LogP contribution in [-0.4, -0.2) is 13.7 Å². The molecule has 4 nitrogen and oxygen atoms in total. The number of rotatable bonds is 1. The van der Waals surface area contributed by atoms with Gasteiger partial charge in [-0.2, -0.15) is 0 Å². The van der Waals surface area contributed by atoms with E-state index in [9.17, 15) is 13.6 Å². The third-order valence-electron chi connectivity index (χ3n) is 0.665. The van der Waals surface area contributed by atoms with Gasteiger partial charge in [-0.05, 0) is 11.1 Å². The molecule has 1 unspecified atom stereocenters. The Morgan fingerprint density at radius 3 is 2.67 bits per heavy atom. The molecule has 0 aliphatic heterocycles. The predicted molar refractivity (Wildman–Crippen MR) is 32.1 cm³/mol. The van der Waals surface area contributed by atoms with Crippen LogP contribution >= 0.6 is 11.3 Å².